The Morgan fingerprint density at radius 2 is 2.12 bits per heavy atom. The molecule has 1 aromatic rings. The number of hydrogen-bond acceptors (Lipinski definition) is 2. The van der Waals surface area contributed by atoms with E-state index in [2.05, 4.69) is 5.10 Å². The van der Waals surface area contributed by atoms with Crippen LogP contribution < -0.4 is 0 Å². The number of nitrogens with zero attached hydrogens (tertiary/aromatic N) is 2. The molecule has 1 heterocycles. The Labute approximate surface area is 90.9 Å². The molecular weight excluding hydrogens is 221 g/mol. The second-order valence-corrected chi connectivity index (χ2v) is 4.35. The molecule has 0 radical (unpaired) electrons. The molecular formula is C10H13F3N2O. The van der Waals surface area contributed by atoms with Crippen LogP contribution >= 0.6 is 0 Å². The number of halogens is 3. The molecule has 1 fully saturated rings. The van der Waals surface area contributed by atoms with E-state index < -0.39 is 17.3 Å². The van der Waals surface area contributed by atoms with E-state index >= 15 is 0 Å². The Kier molecular flexibility index (Phi) is 2.49. The fourth-order valence-electron chi connectivity index (χ4n) is 2.20. The molecule has 1 N–H and O–H groups in total. The van der Waals surface area contributed by atoms with Crippen LogP contribution in [0.25, 0.3) is 0 Å². The van der Waals surface area contributed by atoms with Gasteiger partial charge in [0.15, 0.2) is 5.69 Å². The molecule has 0 spiro atoms. The second kappa shape index (κ2) is 3.48. The largest absolute Gasteiger partial charge is 0.435 e. The lowest BCUT2D eigenvalue weighted by Gasteiger charge is -2.40. The van der Waals surface area contributed by atoms with Gasteiger partial charge in [0.2, 0.25) is 0 Å². The van der Waals surface area contributed by atoms with E-state index in [0.717, 1.165) is 11.1 Å². The molecule has 1 aliphatic carbocycles. The van der Waals surface area contributed by atoms with E-state index in [1.165, 1.54) is 13.2 Å². The van der Waals surface area contributed by atoms with Gasteiger partial charge in [-0.3, -0.25) is 4.68 Å². The van der Waals surface area contributed by atoms with Crippen molar-refractivity contribution < 1.29 is 18.3 Å². The minimum absolute atomic E-state index is 0.135. The predicted molar refractivity (Wildman–Crippen MR) is 50.8 cm³/mol. The van der Waals surface area contributed by atoms with Crippen molar-refractivity contribution in [2.24, 2.45) is 7.05 Å². The summed E-state index contributed by atoms with van der Waals surface area (Å²) in [7, 11) is 1.46. The highest BCUT2D eigenvalue weighted by Gasteiger charge is 2.47. The Morgan fingerprint density at radius 3 is 2.50 bits per heavy atom. The first-order valence-electron chi connectivity index (χ1n) is 5.11. The summed E-state index contributed by atoms with van der Waals surface area (Å²) in [5.41, 5.74) is -1.45. The fourth-order valence-corrected chi connectivity index (χ4v) is 2.20. The molecule has 1 saturated carbocycles. The zero-order valence-corrected chi connectivity index (χ0v) is 8.88. The lowest BCUT2D eigenvalue weighted by molar-refractivity contribution is -0.143. The van der Waals surface area contributed by atoms with Crippen molar-refractivity contribution in [3.05, 3.63) is 17.5 Å². The lowest BCUT2D eigenvalue weighted by atomic mass is 9.65. The molecule has 0 aliphatic heterocycles. The maximum Gasteiger partial charge on any atom is 0.435 e. The first-order valence-corrected chi connectivity index (χ1v) is 5.11. The first kappa shape index (κ1) is 11.4. The van der Waals surface area contributed by atoms with Crippen LogP contribution in [0.4, 0.5) is 13.2 Å². The summed E-state index contributed by atoms with van der Waals surface area (Å²) < 4.78 is 39.4. The molecule has 0 atom stereocenters. The number of aryl methyl sites for hydroxylation is 1. The lowest BCUT2D eigenvalue weighted by Crippen LogP contribution is -2.39. The summed E-state index contributed by atoms with van der Waals surface area (Å²) >= 11 is 0. The van der Waals surface area contributed by atoms with Crippen LogP contribution in [0.2, 0.25) is 0 Å². The molecule has 0 saturated heterocycles. The summed E-state index contributed by atoms with van der Waals surface area (Å²) in [6.45, 7) is -0.248. The second-order valence-electron chi connectivity index (χ2n) is 4.35. The van der Waals surface area contributed by atoms with E-state index in [1.807, 2.05) is 0 Å². The average molecular weight is 234 g/mol. The predicted octanol–water partition coefficient (Wildman–Crippen LogP) is 1.85. The number of alkyl halides is 3. The van der Waals surface area contributed by atoms with Gasteiger partial charge in [0.05, 0.1) is 6.61 Å². The monoisotopic (exact) mass is 234 g/mol. The highest BCUT2D eigenvalue weighted by molar-refractivity contribution is 5.32. The molecule has 16 heavy (non-hydrogen) atoms. The molecule has 0 bridgehead atoms. The standard InChI is InChI=1S/C10H13F3N2O/c1-15-5-7(8(14-15)10(11,12)13)9(6-16)3-2-4-9/h5,16H,2-4,6H2,1H3. The Morgan fingerprint density at radius 1 is 1.50 bits per heavy atom. The van der Waals surface area contributed by atoms with Crippen molar-refractivity contribution in [2.75, 3.05) is 6.61 Å². The van der Waals surface area contributed by atoms with Gasteiger partial charge in [-0.15, -0.1) is 0 Å². The molecule has 0 amide bonds. The molecule has 0 aromatic carbocycles. The number of aliphatic hydroxyl groups excluding tert-OH is 1. The first-order chi connectivity index (χ1) is 7.39. The maximum atomic E-state index is 12.7. The maximum absolute atomic E-state index is 12.7. The summed E-state index contributed by atoms with van der Waals surface area (Å²) in [5.74, 6) is 0. The number of aromatic nitrogens is 2. The summed E-state index contributed by atoms with van der Waals surface area (Å²) in [4.78, 5) is 0. The number of aliphatic hydroxyl groups is 1. The highest BCUT2D eigenvalue weighted by atomic mass is 19.4. The van der Waals surface area contributed by atoms with Gasteiger partial charge in [0, 0.05) is 24.2 Å². The number of rotatable bonds is 2. The molecule has 1 aromatic heterocycles. The van der Waals surface area contributed by atoms with Crippen molar-refractivity contribution in [1.82, 2.24) is 9.78 Å². The summed E-state index contributed by atoms with van der Waals surface area (Å²) in [6.07, 6.45) is -1.03. The van der Waals surface area contributed by atoms with Crippen LogP contribution in [0.3, 0.4) is 0 Å². The van der Waals surface area contributed by atoms with Crippen molar-refractivity contribution in [2.45, 2.75) is 30.9 Å². The Bertz CT molecular complexity index is 388. The van der Waals surface area contributed by atoms with Crippen LogP contribution in [0.1, 0.15) is 30.5 Å². The normalized spacial score (nSPS) is 19.6. The van der Waals surface area contributed by atoms with Gasteiger partial charge in [-0.25, -0.2) is 0 Å². The van der Waals surface area contributed by atoms with E-state index in [1.54, 1.807) is 0 Å². The van der Waals surface area contributed by atoms with Crippen LogP contribution in [0, 0.1) is 0 Å². The van der Waals surface area contributed by atoms with Gasteiger partial charge in [-0.05, 0) is 12.8 Å². The minimum Gasteiger partial charge on any atom is -0.395 e. The zero-order chi connectivity index (χ0) is 12.0. The van der Waals surface area contributed by atoms with Gasteiger partial charge < -0.3 is 5.11 Å². The molecule has 6 heteroatoms. The van der Waals surface area contributed by atoms with Crippen LogP contribution in [-0.4, -0.2) is 21.5 Å². The quantitative estimate of drug-likeness (QED) is 0.848. The zero-order valence-electron chi connectivity index (χ0n) is 8.88. The smallest absolute Gasteiger partial charge is 0.395 e. The van der Waals surface area contributed by atoms with Gasteiger partial charge in [-0.1, -0.05) is 6.42 Å². The van der Waals surface area contributed by atoms with Crippen LogP contribution in [0.15, 0.2) is 6.20 Å². The minimum atomic E-state index is -4.45. The van der Waals surface area contributed by atoms with E-state index in [0.29, 0.717) is 12.8 Å². The third-order valence-electron chi connectivity index (χ3n) is 3.28. The van der Waals surface area contributed by atoms with Gasteiger partial charge in [0.25, 0.3) is 0 Å². The fraction of sp³-hybridized carbons (Fsp3) is 0.700. The van der Waals surface area contributed by atoms with Crippen molar-refractivity contribution in [3.8, 4) is 0 Å². The van der Waals surface area contributed by atoms with Crippen molar-refractivity contribution in [1.29, 1.82) is 0 Å². The van der Waals surface area contributed by atoms with E-state index in [9.17, 15) is 18.3 Å². The van der Waals surface area contributed by atoms with Crippen LogP contribution in [-0.2, 0) is 18.6 Å². The molecule has 3 nitrogen and oxygen atoms in total. The SMILES string of the molecule is Cn1cc(C2(CO)CCC2)c(C(F)(F)F)n1. The molecule has 2 rings (SSSR count). The Balaban J connectivity index is 2.48. The summed E-state index contributed by atoms with van der Waals surface area (Å²) in [5, 5.41) is 12.7. The average Bonchev–Trinajstić information content (AvgIpc) is 2.46. The highest BCUT2D eigenvalue weighted by Crippen LogP contribution is 2.47. The van der Waals surface area contributed by atoms with Crippen LogP contribution in [0.5, 0.6) is 0 Å². The van der Waals surface area contributed by atoms with E-state index in [-0.39, 0.29) is 12.2 Å². The number of hydrogen-bond donors (Lipinski definition) is 1. The topological polar surface area (TPSA) is 38.0 Å². The van der Waals surface area contributed by atoms with Crippen molar-refractivity contribution in [3.63, 3.8) is 0 Å². The molecule has 90 valence electrons. The van der Waals surface area contributed by atoms with Gasteiger partial charge in [-0.2, -0.15) is 18.3 Å². The third-order valence-corrected chi connectivity index (χ3v) is 3.28. The van der Waals surface area contributed by atoms with Crippen molar-refractivity contribution >= 4 is 0 Å². The molecule has 1 aliphatic rings. The summed E-state index contributed by atoms with van der Waals surface area (Å²) in [6, 6.07) is 0. The van der Waals surface area contributed by atoms with Gasteiger partial charge in [0.1, 0.15) is 0 Å². The Hall–Kier alpha value is -1.04. The van der Waals surface area contributed by atoms with Gasteiger partial charge >= 0.3 is 6.18 Å². The third kappa shape index (κ3) is 1.61. The van der Waals surface area contributed by atoms with E-state index in [4.69, 9.17) is 0 Å². The molecule has 0 unspecified atom stereocenters.